The number of carbonyl (C=O) groups is 1. The minimum Gasteiger partial charge on any atom is -0.462 e. The standard InChI is InChI=1S/C14H11Br2NO3/c1-2-19-14(18)9-4-3-5-10(6-9)17-8-11-7-12(15)13(16)20-11/h3-8H,2H2,1H3. The number of benzene rings is 1. The van der Waals surface area contributed by atoms with E-state index in [9.17, 15) is 4.79 Å². The largest absolute Gasteiger partial charge is 0.462 e. The van der Waals surface area contributed by atoms with E-state index in [1.807, 2.05) is 0 Å². The number of carbonyl (C=O) groups excluding carboxylic acids is 1. The van der Waals surface area contributed by atoms with Gasteiger partial charge in [-0.2, -0.15) is 0 Å². The molecule has 0 radical (unpaired) electrons. The van der Waals surface area contributed by atoms with Crippen LogP contribution in [0.4, 0.5) is 5.69 Å². The second-order valence-corrected chi connectivity index (χ2v) is 5.37. The van der Waals surface area contributed by atoms with Gasteiger partial charge >= 0.3 is 5.97 Å². The Morgan fingerprint density at radius 2 is 2.20 bits per heavy atom. The predicted molar refractivity (Wildman–Crippen MR) is 83.8 cm³/mol. The topological polar surface area (TPSA) is 51.8 Å². The van der Waals surface area contributed by atoms with Crippen LogP contribution in [0, 0.1) is 0 Å². The molecular formula is C14H11Br2NO3. The highest BCUT2D eigenvalue weighted by Gasteiger charge is 2.07. The van der Waals surface area contributed by atoms with Gasteiger partial charge in [0.25, 0.3) is 0 Å². The first-order chi connectivity index (χ1) is 9.60. The van der Waals surface area contributed by atoms with Gasteiger partial charge in [0, 0.05) is 6.07 Å². The molecule has 0 unspecified atom stereocenters. The van der Waals surface area contributed by atoms with Crippen molar-refractivity contribution in [2.75, 3.05) is 6.61 Å². The third-order valence-electron chi connectivity index (χ3n) is 2.36. The van der Waals surface area contributed by atoms with Crippen LogP contribution in [-0.4, -0.2) is 18.8 Å². The average Bonchev–Trinajstić information content (AvgIpc) is 2.76. The summed E-state index contributed by atoms with van der Waals surface area (Å²) in [4.78, 5) is 15.9. The van der Waals surface area contributed by atoms with Gasteiger partial charge in [-0.15, -0.1) is 0 Å². The smallest absolute Gasteiger partial charge is 0.338 e. The van der Waals surface area contributed by atoms with Gasteiger partial charge in [0.2, 0.25) is 0 Å². The Kier molecular flexibility index (Phi) is 5.14. The number of halogens is 2. The van der Waals surface area contributed by atoms with Crippen LogP contribution in [-0.2, 0) is 4.74 Å². The lowest BCUT2D eigenvalue weighted by Gasteiger charge is -2.01. The fourth-order valence-electron chi connectivity index (χ4n) is 1.49. The maximum absolute atomic E-state index is 11.6. The van der Waals surface area contributed by atoms with Gasteiger partial charge in [0.05, 0.1) is 28.5 Å². The molecule has 0 amide bonds. The highest BCUT2D eigenvalue weighted by atomic mass is 79.9. The summed E-state index contributed by atoms with van der Waals surface area (Å²) in [7, 11) is 0. The molecule has 0 aliphatic rings. The van der Waals surface area contributed by atoms with Gasteiger partial charge < -0.3 is 9.15 Å². The summed E-state index contributed by atoms with van der Waals surface area (Å²) >= 11 is 6.58. The van der Waals surface area contributed by atoms with E-state index >= 15 is 0 Å². The Morgan fingerprint density at radius 1 is 1.40 bits per heavy atom. The van der Waals surface area contributed by atoms with E-state index in [2.05, 4.69) is 36.9 Å². The molecule has 2 aromatic rings. The predicted octanol–water partition coefficient (Wildman–Crippen LogP) is 4.73. The van der Waals surface area contributed by atoms with Crippen molar-refractivity contribution in [1.29, 1.82) is 0 Å². The molecule has 0 fully saturated rings. The molecule has 1 aromatic carbocycles. The van der Waals surface area contributed by atoms with E-state index in [1.54, 1.807) is 43.5 Å². The van der Waals surface area contributed by atoms with E-state index in [0.717, 1.165) is 4.47 Å². The molecule has 0 spiro atoms. The average molecular weight is 401 g/mol. The van der Waals surface area contributed by atoms with Crippen molar-refractivity contribution >= 4 is 49.7 Å². The first kappa shape index (κ1) is 15.0. The third kappa shape index (κ3) is 3.80. The lowest BCUT2D eigenvalue weighted by atomic mass is 10.2. The second kappa shape index (κ2) is 6.85. The van der Waals surface area contributed by atoms with Crippen molar-refractivity contribution in [1.82, 2.24) is 0 Å². The molecule has 6 heteroatoms. The Hall–Kier alpha value is -1.40. The molecule has 0 bridgehead atoms. The van der Waals surface area contributed by atoms with Crippen LogP contribution < -0.4 is 0 Å². The summed E-state index contributed by atoms with van der Waals surface area (Å²) in [6, 6.07) is 8.71. The fraction of sp³-hybridized carbons (Fsp3) is 0.143. The zero-order valence-electron chi connectivity index (χ0n) is 10.6. The fourth-order valence-corrected chi connectivity index (χ4v) is 2.10. The van der Waals surface area contributed by atoms with Gasteiger partial charge in [0.15, 0.2) is 4.67 Å². The first-order valence-corrected chi connectivity index (χ1v) is 7.45. The summed E-state index contributed by atoms with van der Waals surface area (Å²) in [5, 5.41) is 0. The maximum atomic E-state index is 11.6. The normalized spacial score (nSPS) is 10.9. The molecule has 1 heterocycles. The highest BCUT2D eigenvalue weighted by Crippen LogP contribution is 2.26. The SMILES string of the molecule is CCOC(=O)c1cccc(N=Cc2cc(Br)c(Br)o2)c1. The van der Waals surface area contributed by atoms with E-state index < -0.39 is 0 Å². The number of ether oxygens (including phenoxy) is 1. The van der Waals surface area contributed by atoms with E-state index in [0.29, 0.717) is 28.3 Å². The van der Waals surface area contributed by atoms with Crippen LogP contribution in [0.25, 0.3) is 0 Å². The van der Waals surface area contributed by atoms with Crippen molar-refractivity contribution in [3.63, 3.8) is 0 Å². The number of nitrogens with zero attached hydrogens (tertiary/aromatic N) is 1. The second-order valence-electron chi connectivity index (χ2n) is 3.80. The molecule has 0 atom stereocenters. The van der Waals surface area contributed by atoms with E-state index in [1.165, 1.54) is 0 Å². The van der Waals surface area contributed by atoms with Crippen molar-refractivity contribution in [3.05, 3.63) is 50.8 Å². The van der Waals surface area contributed by atoms with Crippen molar-refractivity contribution in [3.8, 4) is 0 Å². The Morgan fingerprint density at radius 3 is 2.85 bits per heavy atom. The Labute approximate surface area is 133 Å². The van der Waals surface area contributed by atoms with Gasteiger partial charge in [-0.05, 0) is 57.0 Å². The number of esters is 1. The van der Waals surface area contributed by atoms with E-state index in [-0.39, 0.29) is 5.97 Å². The van der Waals surface area contributed by atoms with Crippen LogP contribution in [0.1, 0.15) is 23.0 Å². The van der Waals surface area contributed by atoms with Gasteiger partial charge in [-0.25, -0.2) is 4.79 Å². The number of rotatable bonds is 4. The summed E-state index contributed by atoms with van der Waals surface area (Å²) in [6.45, 7) is 2.12. The van der Waals surface area contributed by atoms with Crippen LogP contribution in [0.2, 0.25) is 0 Å². The number of furan rings is 1. The minimum absolute atomic E-state index is 0.348. The molecule has 4 nitrogen and oxygen atoms in total. The molecule has 20 heavy (non-hydrogen) atoms. The number of hydrogen-bond acceptors (Lipinski definition) is 4. The van der Waals surface area contributed by atoms with Crippen LogP contribution in [0.3, 0.4) is 0 Å². The van der Waals surface area contributed by atoms with Gasteiger partial charge in [-0.3, -0.25) is 4.99 Å². The highest BCUT2D eigenvalue weighted by molar-refractivity contribution is 9.13. The van der Waals surface area contributed by atoms with Gasteiger partial charge in [0.1, 0.15) is 5.76 Å². The van der Waals surface area contributed by atoms with Crippen LogP contribution in [0.15, 0.2) is 48.9 Å². The number of aliphatic imine (C=N–C) groups is 1. The monoisotopic (exact) mass is 399 g/mol. The Bertz CT molecular complexity index is 630. The summed E-state index contributed by atoms with van der Waals surface area (Å²) < 4.78 is 11.8. The van der Waals surface area contributed by atoms with Crippen LogP contribution >= 0.6 is 31.9 Å². The molecule has 0 N–H and O–H groups in total. The van der Waals surface area contributed by atoms with Gasteiger partial charge in [-0.1, -0.05) is 6.07 Å². The maximum Gasteiger partial charge on any atom is 0.338 e. The molecule has 104 valence electrons. The third-order valence-corrected chi connectivity index (χ3v) is 4.07. The zero-order chi connectivity index (χ0) is 14.5. The molecule has 0 aliphatic carbocycles. The quantitative estimate of drug-likeness (QED) is 0.550. The molecular weight excluding hydrogens is 390 g/mol. The minimum atomic E-state index is -0.354. The van der Waals surface area contributed by atoms with Crippen LogP contribution in [0.5, 0.6) is 0 Å². The molecule has 0 aliphatic heterocycles. The van der Waals surface area contributed by atoms with Crippen molar-refractivity contribution < 1.29 is 13.9 Å². The first-order valence-electron chi connectivity index (χ1n) is 5.86. The molecule has 0 saturated heterocycles. The summed E-state index contributed by atoms with van der Waals surface area (Å²) in [5.41, 5.74) is 1.13. The zero-order valence-corrected chi connectivity index (χ0v) is 13.8. The molecule has 1 aromatic heterocycles. The molecule has 2 rings (SSSR count). The van der Waals surface area contributed by atoms with E-state index in [4.69, 9.17) is 9.15 Å². The lowest BCUT2D eigenvalue weighted by molar-refractivity contribution is 0.0526. The van der Waals surface area contributed by atoms with Crippen molar-refractivity contribution in [2.45, 2.75) is 6.92 Å². The molecule has 0 saturated carbocycles. The lowest BCUT2D eigenvalue weighted by Crippen LogP contribution is -2.03. The summed E-state index contributed by atoms with van der Waals surface area (Å²) in [5.74, 6) is 0.248. The Balaban J connectivity index is 2.17. The number of hydrogen-bond donors (Lipinski definition) is 0. The summed E-state index contributed by atoms with van der Waals surface area (Å²) in [6.07, 6.45) is 1.58. The van der Waals surface area contributed by atoms with Crippen molar-refractivity contribution in [2.24, 2.45) is 4.99 Å².